The number of hydrogen-bond donors (Lipinski definition) is 1. The van der Waals surface area contributed by atoms with Crippen LogP contribution in [0.25, 0.3) is 44.0 Å². The molecule has 1 fully saturated rings. The van der Waals surface area contributed by atoms with E-state index in [4.69, 9.17) is 16.5 Å². The van der Waals surface area contributed by atoms with Crippen LogP contribution in [0.2, 0.25) is 0 Å². The zero-order valence-electron chi connectivity index (χ0n) is 19.0. The molecule has 3 aromatic heterocycles. The zero-order chi connectivity index (χ0) is 23.2. The number of H-pyrrole nitrogens is 1. The zero-order valence-corrected chi connectivity index (χ0v) is 19.0. The number of imidazole rings is 1. The molecule has 0 aliphatic heterocycles. The molecule has 0 spiro atoms. The van der Waals surface area contributed by atoms with Crippen LogP contribution in [0.5, 0.6) is 0 Å². The van der Waals surface area contributed by atoms with Crippen LogP contribution in [0.4, 0.5) is 5.82 Å². The maximum Gasteiger partial charge on any atom is 0.299 e. The molecule has 168 valence electrons. The van der Waals surface area contributed by atoms with Gasteiger partial charge in [-0.1, -0.05) is 68.3 Å². The summed E-state index contributed by atoms with van der Waals surface area (Å²) in [4.78, 5) is 27.3. The first-order valence-electron chi connectivity index (χ1n) is 11.7. The van der Waals surface area contributed by atoms with Gasteiger partial charge in [0.1, 0.15) is 11.4 Å². The number of rotatable bonds is 3. The third-order valence-electron chi connectivity index (χ3n) is 6.88. The Hall–Kier alpha value is -4.18. The van der Waals surface area contributed by atoms with Crippen molar-refractivity contribution in [3.8, 4) is 22.5 Å². The monoisotopic (exact) mass is 448 g/mol. The summed E-state index contributed by atoms with van der Waals surface area (Å²) in [5, 5.41) is 3.00. The Kier molecular flexibility index (Phi) is 4.80. The molecule has 7 heteroatoms. The summed E-state index contributed by atoms with van der Waals surface area (Å²) in [5.41, 5.74) is 4.74. The molecule has 1 aliphatic rings. The average Bonchev–Trinajstić information content (AvgIpc) is 3.43. The van der Waals surface area contributed by atoms with Crippen LogP contribution in [0.15, 0.2) is 59.4 Å². The topological polar surface area (TPSA) is 72.3 Å². The number of aryl methyl sites for hydroxylation is 1. The summed E-state index contributed by atoms with van der Waals surface area (Å²) >= 11 is 0. The second kappa shape index (κ2) is 7.99. The Morgan fingerprint density at radius 1 is 0.971 bits per heavy atom. The van der Waals surface area contributed by atoms with Gasteiger partial charge in [0.2, 0.25) is 0 Å². The van der Waals surface area contributed by atoms with Gasteiger partial charge in [-0.05, 0) is 37.5 Å². The van der Waals surface area contributed by atoms with E-state index in [2.05, 4.69) is 20.6 Å². The van der Waals surface area contributed by atoms with Gasteiger partial charge < -0.3 is 9.41 Å². The number of benzene rings is 2. The minimum absolute atomic E-state index is 0.234. The molecule has 0 saturated heterocycles. The number of fused-ring (bicyclic) bond motifs is 2. The summed E-state index contributed by atoms with van der Waals surface area (Å²) in [6, 6.07) is 18.0. The molecule has 1 N–H and O–H groups in total. The molecule has 7 nitrogen and oxygen atoms in total. The van der Waals surface area contributed by atoms with E-state index in [1.54, 1.807) is 0 Å². The fourth-order valence-electron chi connectivity index (χ4n) is 5.31. The predicted molar refractivity (Wildman–Crippen MR) is 133 cm³/mol. The van der Waals surface area contributed by atoms with Crippen molar-refractivity contribution >= 4 is 22.5 Å². The van der Waals surface area contributed by atoms with E-state index >= 15 is 0 Å². The molecule has 34 heavy (non-hydrogen) atoms. The van der Waals surface area contributed by atoms with Gasteiger partial charge in [-0.3, -0.25) is 4.79 Å². The lowest BCUT2D eigenvalue weighted by Crippen LogP contribution is -2.22. The van der Waals surface area contributed by atoms with Crippen molar-refractivity contribution in [3.05, 3.63) is 82.1 Å². The van der Waals surface area contributed by atoms with E-state index in [-0.39, 0.29) is 5.56 Å². The van der Waals surface area contributed by atoms with Crippen LogP contribution in [0, 0.1) is 13.5 Å². The van der Waals surface area contributed by atoms with Crippen molar-refractivity contribution < 1.29 is 0 Å². The maximum atomic E-state index is 13.9. The summed E-state index contributed by atoms with van der Waals surface area (Å²) < 4.78 is 3.66. The molecule has 0 radical (unpaired) electrons. The van der Waals surface area contributed by atoms with Gasteiger partial charge in [0.25, 0.3) is 11.4 Å². The molecule has 5 aromatic rings. The van der Waals surface area contributed by atoms with Gasteiger partial charge in [0, 0.05) is 6.04 Å². The van der Waals surface area contributed by atoms with E-state index in [1.807, 2.05) is 55.5 Å². The fraction of sp³-hybridized carbons (Fsp3) is 0.259. The molecule has 0 atom stereocenters. The Labute approximate surface area is 196 Å². The quantitative estimate of drug-likeness (QED) is 0.341. The number of para-hydroxylation sites is 2. The molecular weight excluding hydrogens is 424 g/mol. The molecule has 0 amide bonds. The lowest BCUT2D eigenvalue weighted by molar-refractivity contribution is 0.362. The number of aromatic nitrogens is 5. The van der Waals surface area contributed by atoms with Crippen LogP contribution in [0.3, 0.4) is 0 Å². The van der Waals surface area contributed by atoms with Crippen molar-refractivity contribution in [1.29, 1.82) is 0 Å². The first-order chi connectivity index (χ1) is 16.7. The Morgan fingerprint density at radius 2 is 1.71 bits per heavy atom. The van der Waals surface area contributed by atoms with Crippen LogP contribution >= 0.6 is 0 Å². The second-order valence-electron chi connectivity index (χ2n) is 8.94. The molecular formula is C27H24N6O. The summed E-state index contributed by atoms with van der Waals surface area (Å²) in [6.45, 7) is 9.55. The normalized spacial score (nSPS) is 14.6. The highest BCUT2D eigenvalue weighted by atomic mass is 16.1. The first kappa shape index (κ1) is 20.4. The number of hydrogen-bond acceptors (Lipinski definition) is 3. The third kappa shape index (κ3) is 3.06. The molecule has 1 aliphatic carbocycles. The highest BCUT2D eigenvalue weighted by molar-refractivity contribution is 5.88. The van der Waals surface area contributed by atoms with Gasteiger partial charge in [-0.2, -0.15) is 0 Å². The van der Waals surface area contributed by atoms with Crippen molar-refractivity contribution in [2.75, 3.05) is 0 Å². The van der Waals surface area contributed by atoms with Gasteiger partial charge in [0.05, 0.1) is 22.3 Å². The summed E-state index contributed by atoms with van der Waals surface area (Å²) in [7, 11) is 0. The SMILES string of the molecule is [C-]#[N+]c1[nH]n2c(=O)c(-c3nc4ccccc4n3C3CCCCC3)c(C)nc2c1-c1ccccc1. The lowest BCUT2D eigenvalue weighted by Gasteiger charge is -2.25. The molecule has 1 saturated carbocycles. The molecule has 0 bridgehead atoms. The van der Waals surface area contributed by atoms with E-state index in [1.165, 1.54) is 23.8 Å². The lowest BCUT2D eigenvalue weighted by atomic mass is 9.95. The van der Waals surface area contributed by atoms with Crippen molar-refractivity contribution in [1.82, 2.24) is 24.1 Å². The number of aromatic amines is 1. The molecule has 0 unspecified atom stereocenters. The Balaban J connectivity index is 1.64. The molecule has 6 rings (SSSR count). The van der Waals surface area contributed by atoms with E-state index < -0.39 is 0 Å². The molecule has 2 aromatic carbocycles. The summed E-state index contributed by atoms with van der Waals surface area (Å²) in [5.74, 6) is 0.964. The van der Waals surface area contributed by atoms with E-state index in [0.717, 1.165) is 29.4 Å². The average molecular weight is 449 g/mol. The van der Waals surface area contributed by atoms with Gasteiger partial charge in [-0.15, -0.1) is 4.52 Å². The number of nitrogens with zero attached hydrogens (tertiary/aromatic N) is 5. The van der Waals surface area contributed by atoms with Crippen molar-refractivity contribution in [2.24, 2.45) is 0 Å². The van der Waals surface area contributed by atoms with Crippen LogP contribution in [0.1, 0.15) is 43.8 Å². The standard InChI is InChI=1S/C27H24N6O/c1-17-22(25-30-20-15-9-10-16-21(20)32(25)19-13-7-4-8-14-19)27(34)33-26(29-17)23(24(28-2)31-33)18-11-5-3-6-12-18/h3,5-6,9-12,15-16,19,31H,4,7-8,13-14H2,1H3. The van der Waals surface area contributed by atoms with Gasteiger partial charge >= 0.3 is 0 Å². The first-order valence-corrected chi connectivity index (χ1v) is 11.7. The Morgan fingerprint density at radius 3 is 2.47 bits per heavy atom. The highest BCUT2D eigenvalue weighted by Crippen LogP contribution is 2.37. The predicted octanol–water partition coefficient (Wildman–Crippen LogP) is 6.07. The van der Waals surface area contributed by atoms with Crippen molar-refractivity contribution in [3.63, 3.8) is 0 Å². The fourth-order valence-corrected chi connectivity index (χ4v) is 5.31. The van der Waals surface area contributed by atoms with Crippen molar-refractivity contribution in [2.45, 2.75) is 45.1 Å². The molecule has 3 heterocycles. The van der Waals surface area contributed by atoms with Gasteiger partial charge in [-0.25, -0.2) is 15.1 Å². The summed E-state index contributed by atoms with van der Waals surface area (Å²) in [6.07, 6.45) is 5.75. The van der Waals surface area contributed by atoms with Crippen LogP contribution in [-0.4, -0.2) is 24.1 Å². The minimum Gasteiger partial charge on any atom is -0.362 e. The maximum absolute atomic E-state index is 13.9. The van der Waals surface area contributed by atoms with Crippen LogP contribution < -0.4 is 5.56 Å². The van der Waals surface area contributed by atoms with Crippen LogP contribution in [-0.2, 0) is 0 Å². The van der Waals surface area contributed by atoms with Gasteiger partial charge in [0.15, 0.2) is 5.65 Å². The second-order valence-corrected chi connectivity index (χ2v) is 8.94. The highest BCUT2D eigenvalue weighted by Gasteiger charge is 2.27. The van der Waals surface area contributed by atoms with E-state index in [9.17, 15) is 4.79 Å². The largest absolute Gasteiger partial charge is 0.362 e. The minimum atomic E-state index is -0.234. The smallest absolute Gasteiger partial charge is 0.299 e. The Bertz CT molecular complexity index is 1630. The number of nitrogens with one attached hydrogen (secondary N) is 1. The third-order valence-corrected chi connectivity index (χ3v) is 6.88. The van der Waals surface area contributed by atoms with E-state index in [0.29, 0.717) is 40.2 Å².